The number of furan rings is 1. The van der Waals surface area contributed by atoms with E-state index in [1.807, 2.05) is 47.4 Å². The Morgan fingerprint density at radius 1 is 1.10 bits per heavy atom. The van der Waals surface area contributed by atoms with Gasteiger partial charge in [-0.25, -0.2) is 0 Å². The second-order valence-corrected chi connectivity index (χ2v) is 7.63. The lowest BCUT2D eigenvalue weighted by molar-refractivity contribution is -0.134. The molecule has 7 heteroatoms. The molecule has 1 saturated heterocycles. The Hall–Kier alpha value is -3.48. The fourth-order valence-electron chi connectivity index (χ4n) is 3.77. The largest absolute Gasteiger partial charge is 0.493 e. The number of para-hydroxylation sites is 2. The zero-order chi connectivity index (χ0) is 21.6. The van der Waals surface area contributed by atoms with Crippen molar-refractivity contribution in [3.05, 3.63) is 60.4 Å². The molecule has 1 fully saturated rings. The first-order chi connectivity index (χ1) is 15.1. The smallest absolute Gasteiger partial charge is 0.287 e. The number of benzene rings is 2. The van der Waals surface area contributed by atoms with Gasteiger partial charge >= 0.3 is 0 Å². The summed E-state index contributed by atoms with van der Waals surface area (Å²) >= 11 is 0. The summed E-state index contributed by atoms with van der Waals surface area (Å²) in [5.41, 5.74) is 0.569. The molecule has 3 aromatic rings. The Bertz CT molecular complexity index is 1040. The van der Waals surface area contributed by atoms with E-state index in [0.717, 1.165) is 18.2 Å². The van der Waals surface area contributed by atoms with Gasteiger partial charge in [0.1, 0.15) is 5.75 Å². The van der Waals surface area contributed by atoms with Gasteiger partial charge in [0.25, 0.3) is 11.8 Å². The van der Waals surface area contributed by atoms with Crippen LogP contribution in [0.1, 0.15) is 23.4 Å². The van der Waals surface area contributed by atoms with E-state index in [4.69, 9.17) is 13.9 Å². The average Bonchev–Trinajstić information content (AvgIpc) is 3.26. The number of amides is 2. The molecule has 7 nitrogen and oxygen atoms in total. The lowest BCUT2D eigenvalue weighted by atomic mass is 9.96. The number of methoxy groups -OCH3 is 1. The summed E-state index contributed by atoms with van der Waals surface area (Å²) in [5, 5.41) is 3.78. The second-order valence-electron chi connectivity index (χ2n) is 7.63. The number of ether oxygens (including phenoxy) is 2. The molecule has 1 aliphatic rings. The highest BCUT2D eigenvalue weighted by Crippen LogP contribution is 2.28. The monoisotopic (exact) mass is 422 g/mol. The van der Waals surface area contributed by atoms with Crippen LogP contribution in [-0.4, -0.2) is 50.1 Å². The van der Waals surface area contributed by atoms with Crippen molar-refractivity contribution in [1.82, 2.24) is 10.2 Å². The number of rotatable bonds is 7. The molecule has 0 spiro atoms. The number of carbonyl (C=O) groups is 2. The molecule has 2 aromatic carbocycles. The molecule has 31 heavy (non-hydrogen) atoms. The Morgan fingerprint density at radius 3 is 2.61 bits per heavy atom. The van der Waals surface area contributed by atoms with Gasteiger partial charge in [-0.15, -0.1) is 0 Å². The Balaban J connectivity index is 1.23. The first-order valence-electron chi connectivity index (χ1n) is 10.4. The Labute approximate surface area is 180 Å². The highest BCUT2D eigenvalue weighted by molar-refractivity contribution is 5.97. The number of likely N-dealkylation sites (tertiary alicyclic amines) is 1. The minimum atomic E-state index is -0.243. The van der Waals surface area contributed by atoms with E-state index in [2.05, 4.69) is 5.32 Å². The lowest BCUT2D eigenvalue weighted by Crippen LogP contribution is -2.43. The van der Waals surface area contributed by atoms with Gasteiger partial charge in [-0.2, -0.15) is 0 Å². The predicted octanol–water partition coefficient (Wildman–Crippen LogP) is 3.49. The van der Waals surface area contributed by atoms with Gasteiger partial charge in [0.15, 0.2) is 23.7 Å². The summed E-state index contributed by atoms with van der Waals surface area (Å²) in [6, 6.07) is 16.6. The maximum absolute atomic E-state index is 12.5. The van der Waals surface area contributed by atoms with E-state index in [-0.39, 0.29) is 24.2 Å². The number of piperidine rings is 1. The number of hydrogen-bond acceptors (Lipinski definition) is 5. The van der Waals surface area contributed by atoms with Gasteiger partial charge in [0.05, 0.1) is 7.11 Å². The van der Waals surface area contributed by atoms with Crippen molar-refractivity contribution >= 4 is 22.8 Å². The SMILES string of the molecule is COc1cccc2cc(C(=O)NCC3CCN(C(=O)COc4ccccc4)CC3)oc12. The molecule has 1 N–H and O–H groups in total. The molecule has 4 rings (SSSR count). The van der Waals surface area contributed by atoms with E-state index in [0.29, 0.717) is 42.6 Å². The number of nitrogens with one attached hydrogen (secondary N) is 1. The van der Waals surface area contributed by atoms with Crippen LogP contribution in [0, 0.1) is 5.92 Å². The van der Waals surface area contributed by atoms with E-state index < -0.39 is 0 Å². The minimum absolute atomic E-state index is 0.0115. The molecule has 2 amide bonds. The van der Waals surface area contributed by atoms with E-state index in [9.17, 15) is 9.59 Å². The average molecular weight is 422 g/mol. The molecule has 0 unspecified atom stereocenters. The highest BCUT2D eigenvalue weighted by Gasteiger charge is 2.24. The van der Waals surface area contributed by atoms with E-state index in [1.165, 1.54) is 0 Å². The third kappa shape index (κ3) is 4.99. The fourth-order valence-corrected chi connectivity index (χ4v) is 3.77. The highest BCUT2D eigenvalue weighted by atomic mass is 16.5. The summed E-state index contributed by atoms with van der Waals surface area (Å²) in [7, 11) is 1.57. The summed E-state index contributed by atoms with van der Waals surface area (Å²) in [5.74, 6) is 1.63. The van der Waals surface area contributed by atoms with Crippen LogP contribution in [0.25, 0.3) is 11.0 Å². The maximum Gasteiger partial charge on any atom is 0.287 e. The molecule has 0 bridgehead atoms. The molecule has 0 atom stereocenters. The standard InChI is InChI=1S/C24H26N2O5/c1-29-20-9-5-6-18-14-21(31-23(18)20)24(28)25-15-17-10-12-26(13-11-17)22(27)16-30-19-7-3-2-4-8-19/h2-9,14,17H,10-13,15-16H2,1H3,(H,25,28). The van der Waals surface area contributed by atoms with Crippen molar-refractivity contribution in [1.29, 1.82) is 0 Å². The molecule has 0 radical (unpaired) electrons. The van der Waals surface area contributed by atoms with Gasteiger partial charge in [0, 0.05) is 25.0 Å². The number of hydrogen-bond donors (Lipinski definition) is 1. The number of carbonyl (C=O) groups excluding carboxylic acids is 2. The normalized spacial score (nSPS) is 14.4. The second kappa shape index (κ2) is 9.55. The van der Waals surface area contributed by atoms with Crippen molar-refractivity contribution in [2.45, 2.75) is 12.8 Å². The third-order valence-corrected chi connectivity index (χ3v) is 5.58. The van der Waals surface area contributed by atoms with Crippen LogP contribution >= 0.6 is 0 Å². The quantitative estimate of drug-likeness (QED) is 0.630. The van der Waals surface area contributed by atoms with Crippen molar-refractivity contribution in [3.63, 3.8) is 0 Å². The minimum Gasteiger partial charge on any atom is -0.493 e. The van der Waals surface area contributed by atoms with Crippen LogP contribution in [-0.2, 0) is 4.79 Å². The number of fused-ring (bicyclic) bond motifs is 1. The fraction of sp³-hybridized carbons (Fsp3) is 0.333. The molecular formula is C24H26N2O5. The number of nitrogens with zero attached hydrogens (tertiary/aromatic N) is 1. The van der Waals surface area contributed by atoms with Crippen LogP contribution < -0.4 is 14.8 Å². The first kappa shape index (κ1) is 20.8. The van der Waals surface area contributed by atoms with Gasteiger partial charge in [-0.05, 0) is 43.0 Å². The predicted molar refractivity (Wildman–Crippen MR) is 116 cm³/mol. The summed E-state index contributed by atoms with van der Waals surface area (Å²) in [6.07, 6.45) is 1.68. The van der Waals surface area contributed by atoms with E-state index in [1.54, 1.807) is 19.2 Å². The maximum atomic E-state index is 12.5. The zero-order valence-electron chi connectivity index (χ0n) is 17.5. The summed E-state index contributed by atoms with van der Waals surface area (Å²) in [4.78, 5) is 26.7. The summed E-state index contributed by atoms with van der Waals surface area (Å²) in [6.45, 7) is 1.93. The van der Waals surface area contributed by atoms with Crippen molar-refractivity contribution in [2.75, 3.05) is 33.4 Å². The van der Waals surface area contributed by atoms with Crippen LogP contribution in [0.15, 0.2) is 59.0 Å². The van der Waals surface area contributed by atoms with Gasteiger partial charge in [-0.1, -0.05) is 30.3 Å². The van der Waals surface area contributed by atoms with Crippen LogP contribution in [0.2, 0.25) is 0 Å². The lowest BCUT2D eigenvalue weighted by Gasteiger charge is -2.32. The molecule has 2 heterocycles. The van der Waals surface area contributed by atoms with Gasteiger partial charge in [0.2, 0.25) is 0 Å². The zero-order valence-corrected chi connectivity index (χ0v) is 17.5. The first-order valence-corrected chi connectivity index (χ1v) is 10.4. The van der Waals surface area contributed by atoms with Crippen LogP contribution in [0.4, 0.5) is 0 Å². The van der Waals surface area contributed by atoms with Gasteiger partial charge in [-0.3, -0.25) is 9.59 Å². The van der Waals surface area contributed by atoms with E-state index >= 15 is 0 Å². The van der Waals surface area contributed by atoms with Crippen LogP contribution in [0.5, 0.6) is 11.5 Å². The van der Waals surface area contributed by atoms with Crippen molar-refractivity contribution in [2.24, 2.45) is 5.92 Å². The topological polar surface area (TPSA) is 81.0 Å². The third-order valence-electron chi connectivity index (χ3n) is 5.58. The van der Waals surface area contributed by atoms with Crippen molar-refractivity contribution in [3.8, 4) is 11.5 Å². The Kier molecular flexibility index (Phi) is 6.40. The van der Waals surface area contributed by atoms with Gasteiger partial charge < -0.3 is 24.1 Å². The molecule has 1 aromatic heterocycles. The Morgan fingerprint density at radius 2 is 1.87 bits per heavy atom. The molecular weight excluding hydrogens is 396 g/mol. The molecule has 162 valence electrons. The molecule has 0 aliphatic carbocycles. The summed E-state index contributed by atoms with van der Waals surface area (Å²) < 4.78 is 16.5. The molecule has 0 saturated carbocycles. The van der Waals surface area contributed by atoms with Crippen LogP contribution in [0.3, 0.4) is 0 Å². The van der Waals surface area contributed by atoms with Crippen molar-refractivity contribution < 1.29 is 23.5 Å². The molecule has 1 aliphatic heterocycles.